The van der Waals surface area contributed by atoms with E-state index < -0.39 is 29.8 Å². The number of ketones is 1. The SMILES string of the molecule is CC(C)(C)C1CCN(C(=O)[C@@H](Nc2nc3ccccc3[nH]2)C2CCCCC2)[C@@H]1C(=O)N[C@@H](CC1CCC1)C(=O)C(N)=O. The van der Waals surface area contributed by atoms with E-state index in [9.17, 15) is 19.2 Å². The maximum atomic E-state index is 14.5. The number of carbonyl (C=O) groups is 4. The van der Waals surface area contributed by atoms with Gasteiger partial charge in [0.1, 0.15) is 12.1 Å². The number of anilines is 1. The van der Waals surface area contributed by atoms with Gasteiger partial charge >= 0.3 is 0 Å². The smallest absolute Gasteiger partial charge is 0.287 e. The lowest BCUT2D eigenvalue weighted by molar-refractivity contribution is -0.144. The number of nitrogens with two attached hydrogens (primary N) is 1. The van der Waals surface area contributed by atoms with Crippen molar-refractivity contribution in [3.8, 4) is 0 Å². The van der Waals surface area contributed by atoms with E-state index in [1.807, 2.05) is 24.3 Å². The molecule has 3 amide bonds. The van der Waals surface area contributed by atoms with Crippen molar-refractivity contribution in [2.75, 3.05) is 11.9 Å². The molecular formula is C32H46N6O4. The molecule has 1 aromatic heterocycles. The van der Waals surface area contributed by atoms with Crippen LogP contribution in [0.3, 0.4) is 0 Å². The first-order chi connectivity index (χ1) is 20.0. The third-order valence-corrected chi connectivity index (χ3v) is 9.80. The molecule has 1 aliphatic heterocycles. The molecule has 2 heterocycles. The fourth-order valence-electron chi connectivity index (χ4n) is 7.19. The van der Waals surface area contributed by atoms with Gasteiger partial charge in [-0.2, -0.15) is 0 Å². The Morgan fingerprint density at radius 2 is 1.74 bits per heavy atom. The van der Waals surface area contributed by atoms with Gasteiger partial charge in [-0.25, -0.2) is 4.98 Å². The Hall–Kier alpha value is -3.43. The van der Waals surface area contributed by atoms with Crippen LogP contribution in [0.5, 0.6) is 0 Å². The number of para-hydroxylation sites is 2. The largest absolute Gasteiger partial charge is 0.363 e. The molecule has 2 aromatic rings. The molecule has 1 saturated heterocycles. The van der Waals surface area contributed by atoms with Crippen LogP contribution in [0.25, 0.3) is 11.0 Å². The summed E-state index contributed by atoms with van der Waals surface area (Å²) in [5.41, 5.74) is 6.82. The minimum Gasteiger partial charge on any atom is -0.363 e. The molecule has 0 bridgehead atoms. The van der Waals surface area contributed by atoms with Crippen molar-refractivity contribution in [2.45, 2.75) is 103 Å². The van der Waals surface area contributed by atoms with Gasteiger partial charge in [-0.1, -0.05) is 71.4 Å². The van der Waals surface area contributed by atoms with Gasteiger partial charge in [-0.3, -0.25) is 19.2 Å². The van der Waals surface area contributed by atoms with E-state index in [1.54, 1.807) is 4.90 Å². The van der Waals surface area contributed by atoms with Crippen LogP contribution in [-0.4, -0.2) is 63.0 Å². The summed E-state index contributed by atoms with van der Waals surface area (Å²) in [5.74, 6) is -1.50. The highest BCUT2D eigenvalue weighted by atomic mass is 16.2. The average Bonchev–Trinajstić information content (AvgIpc) is 3.57. The summed E-state index contributed by atoms with van der Waals surface area (Å²) in [4.78, 5) is 62.9. The van der Waals surface area contributed by atoms with E-state index in [0.29, 0.717) is 25.3 Å². The van der Waals surface area contributed by atoms with Gasteiger partial charge in [0.2, 0.25) is 23.5 Å². The number of aromatic nitrogens is 2. The third kappa shape index (κ3) is 6.47. The number of fused-ring (bicyclic) bond motifs is 1. The number of likely N-dealkylation sites (tertiary alicyclic amines) is 1. The second kappa shape index (κ2) is 12.4. The Morgan fingerprint density at radius 3 is 2.36 bits per heavy atom. The average molecular weight is 579 g/mol. The van der Waals surface area contributed by atoms with Crippen molar-refractivity contribution in [2.24, 2.45) is 28.9 Å². The highest BCUT2D eigenvalue weighted by Crippen LogP contribution is 2.40. The minimum absolute atomic E-state index is 0.111. The Bertz CT molecular complexity index is 1270. The molecule has 2 aliphatic carbocycles. The molecule has 10 nitrogen and oxygen atoms in total. The van der Waals surface area contributed by atoms with Gasteiger partial charge < -0.3 is 26.3 Å². The number of carbonyl (C=O) groups excluding carboxylic acids is 4. The normalized spacial score (nSPS) is 23.3. The topological polar surface area (TPSA) is 150 Å². The maximum Gasteiger partial charge on any atom is 0.287 e. The van der Waals surface area contributed by atoms with Crippen LogP contribution < -0.4 is 16.4 Å². The second-order valence-electron chi connectivity index (χ2n) is 13.7. The molecule has 1 unspecified atom stereocenters. The Balaban J connectivity index is 1.42. The molecule has 5 N–H and O–H groups in total. The number of aromatic amines is 1. The predicted octanol–water partition coefficient (Wildman–Crippen LogP) is 3.92. The first kappa shape index (κ1) is 30.0. The lowest BCUT2D eigenvalue weighted by Gasteiger charge is -2.38. The van der Waals surface area contributed by atoms with Gasteiger partial charge in [0.15, 0.2) is 0 Å². The van der Waals surface area contributed by atoms with Crippen LogP contribution in [0.2, 0.25) is 0 Å². The van der Waals surface area contributed by atoms with Gasteiger partial charge in [0, 0.05) is 6.54 Å². The minimum atomic E-state index is -1.04. The zero-order valence-corrected chi connectivity index (χ0v) is 25.2. The van der Waals surface area contributed by atoms with Crippen molar-refractivity contribution in [3.05, 3.63) is 24.3 Å². The van der Waals surface area contributed by atoms with Crippen molar-refractivity contribution in [1.29, 1.82) is 0 Å². The number of hydrogen-bond acceptors (Lipinski definition) is 6. The summed E-state index contributed by atoms with van der Waals surface area (Å²) < 4.78 is 0. The molecule has 42 heavy (non-hydrogen) atoms. The maximum absolute atomic E-state index is 14.5. The Labute approximate surface area is 247 Å². The molecule has 3 aliphatic rings. The summed E-state index contributed by atoms with van der Waals surface area (Å²) in [7, 11) is 0. The molecule has 2 saturated carbocycles. The van der Waals surface area contributed by atoms with Crippen LogP contribution in [-0.2, 0) is 19.2 Å². The number of nitrogens with one attached hydrogen (secondary N) is 3. The lowest BCUT2D eigenvalue weighted by Crippen LogP contribution is -2.58. The summed E-state index contributed by atoms with van der Waals surface area (Å²) >= 11 is 0. The number of primary amides is 1. The highest BCUT2D eigenvalue weighted by molar-refractivity contribution is 6.37. The Morgan fingerprint density at radius 1 is 1.02 bits per heavy atom. The van der Waals surface area contributed by atoms with Gasteiger partial charge in [-0.15, -0.1) is 0 Å². The first-order valence-corrected chi connectivity index (χ1v) is 15.7. The number of hydrogen-bond donors (Lipinski definition) is 4. The first-order valence-electron chi connectivity index (χ1n) is 15.7. The van der Waals surface area contributed by atoms with Gasteiger partial charge in [0.05, 0.1) is 17.1 Å². The Kier molecular flexibility index (Phi) is 8.89. The standard InChI is InChI=1S/C32H46N6O4/c1-32(2,3)21-16-17-38(26(21)29(41)34-24(27(39)28(33)40)18-19-10-9-11-19)30(42)25(20-12-5-4-6-13-20)37-31-35-22-14-7-8-15-23(22)36-31/h7-8,14-15,19-21,24-26H,4-6,9-13,16-18H2,1-3H3,(H2,33,40)(H,34,41)(H2,35,36,37)/t21?,24-,25-,26-/m0/s1. The zero-order chi connectivity index (χ0) is 30.0. The molecular weight excluding hydrogens is 532 g/mol. The van der Waals surface area contributed by atoms with E-state index in [-0.39, 0.29) is 35.0 Å². The number of benzene rings is 1. The molecule has 0 radical (unpaired) electrons. The van der Waals surface area contributed by atoms with Crippen LogP contribution in [0, 0.1) is 23.2 Å². The summed E-state index contributed by atoms with van der Waals surface area (Å²) in [5, 5.41) is 6.33. The highest BCUT2D eigenvalue weighted by Gasteiger charge is 2.49. The fraction of sp³-hybridized carbons (Fsp3) is 0.656. The van der Waals surface area contributed by atoms with Crippen LogP contribution in [0.15, 0.2) is 24.3 Å². The van der Waals surface area contributed by atoms with Crippen molar-refractivity contribution >= 4 is 40.5 Å². The summed E-state index contributed by atoms with van der Waals surface area (Å²) in [6, 6.07) is 5.47. The number of rotatable bonds is 10. The zero-order valence-electron chi connectivity index (χ0n) is 25.2. The van der Waals surface area contributed by atoms with Gasteiger partial charge in [0.25, 0.3) is 5.91 Å². The van der Waals surface area contributed by atoms with E-state index in [2.05, 4.69) is 41.4 Å². The molecule has 228 valence electrons. The number of Topliss-reactive ketones (excluding diaryl/α,β-unsaturated/α-hetero) is 1. The molecule has 1 aromatic carbocycles. The van der Waals surface area contributed by atoms with Crippen LogP contribution in [0.4, 0.5) is 5.95 Å². The molecule has 4 atom stereocenters. The lowest BCUT2D eigenvalue weighted by atomic mass is 9.75. The summed E-state index contributed by atoms with van der Waals surface area (Å²) in [6.45, 7) is 6.69. The van der Waals surface area contributed by atoms with Crippen LogP contribution in [0.1, 0.15) is 85.0 Å². The molecule has 5 rings (SSSR count). The van der Waals surface area contributed by atoms with E-state index in [1.165, 1.54) is 0 Å². The predicted molar refractivity (Wildman–Crippen MR) is 161 cm³/mol. The third-order valence-electron chi connectivity index (χ3n) is 9.80. The fourth-order valence-corrected chi connectivity index (χ4v) is 7.19. The van der Waals surface area contributed by atoms with Crippen molar-refractivity contribution in [3.63, 3.8) is 0 Å². The molecule has 10 heteroatoms. The molecule has 3 fully saturated rings. The van der Waals surface area contributed by atoms with E-state index in [4.69, 9.17) is 5.73 Å². The van der Waals surface area contributed by atoms with E-state index >= 15 is 0 Å². The van der Waals surface area contributed by atoms with E-state index in [0.717, 1.165) is 62.4 Å². The van der Waals surface area contributed by atoms with Crippen molar-refractivity contribution in [1.82, 2.24) is 20.2 Å². The van der Waals surface area contributed by atoms with Crippen LogP contribution >= 0.6 is 0 Å². The second-order valence-corrected chi connectivity index (χ2v) is 13.7. The number of nitrogens with zero attached hydrogens (tertiary/aromatic N) is 2. The number of amides is 3. The monoisotopic (exact) mass is 578 g/mol. The summed E-state index contributed by atoms with van der Waals surface area (Å²) in [6.07, 6.45) is 9.19. The molecule has 0 spiro atoms. The quantitative estimate of drug-likeness (QED) is 0.314. The number of H-pyrrole nitrogens is 1. The van der Waals surface area contributed by atoms with Gasteiger partial charge in [-0.05, 0) is 61.0 Å². The number of imidazole rings is 1. The van der Waals surface area contributed by atoms with Crippen molar-refractivity contribution < 1.29 is 19.2 Å².